The summed E-state index contributed by atoms with van der Waals surface area (Å²) in [6, 6.07) is 11.3. The smallest absolute Gasteiger partial charge is 0.264 e. The van der Waals surface area contributed by atoms with Crippen LogP contribution in [0, 0.1) is 6.92 Å². The maximum atomic E-state index is 13.5. The third kappa shape index (κ3) is 6.64. The Morgan fingerprint density at radius 3 is 2.35 bits per heavy atom. The van der Waals surface area contributed by atoms with E-state index in [1.807, 2.05) is 6.92 Å². The van der Waals surface area contributed by atoms with Crippen LogP contribution in [0.1, 0.15) is 37.7 Å². The van der Waals surface area contributed by atoms with E-state index < -0.39 is 15.9 Å². The van der Waals surface area contributed by atoms with Crippen LogP contribution in [0.2, 0.25) is 0 Å². The van der Waals surface area contributed by atoms with E-state index >= 15 is 0 Å². The first-order valence-electron chi connectivity index (χ1n) is 11.5. The number of carbonyl (C=O) groups is 1. The Hall–Kier alpha value is -2.78. The zero-order valence-electron chi connectivity index (χ0n) is 20.1. The van der Waals surface area contributed by atoms with Crippen LogP contribution in [0.15, 0.2) is 47.4 Å². The van der Waals surface area contributed by atoms with Gasteiger partial charge in [-0.1, -0.05) is 30.5 Å². The molecule has 1 fully saturated rings. The normalized spacial score (nSPS) is 14.1. The largest absolute Gasteiger partial charge is 0.493 e. The molecule has 1 saturated carbocycles. The first-order chi connectivity index (χ1) is 16.3. The molecular formula is C25H34N2O6S. The minimum absolute atomic E-state index is 0.102. The molecule has 8 nitrogen and oxygen atoms in total. The lowest BCUT2D eigenvalue weighted by Gasteiger charge is -2.25. The number of carbonyl (C=O) groups excluding carboxylic acids is 1. The summed E-state index contributed by atoms with van der Waals surface area (Å²) in [5.74, 6) is 0.436. The number of sulfonamides is 1. The van der Waals surface area contributed by atoms with Gasteiger partial charge in [0.25, 0.3) is 10.0 Å². The maximum Gasteiger partial charge on any atom is 0.264 e. The molecule has 3 rings (SSSR count). The zero-order valence-corrected chi connectivity index (χ0v) is 20.9. The molecule has 0 saturated heterocycles. The van der Waals surface area contributed by atoms with E-state index in [1.54, 1.807) is 30.3 Å². The number of nitrogens with one attached hydrogen (secondary N) is 1. The molecule has 186 valence electrons. The van der Waals surface area contributed by atoms with Crippen molar-refractivity contribution in [3.8, 4) is 11.5 Å². The van der Waals surface area contributed by atoms with E-state index in [-0.39, 0.29) is 11.4 Å². The highest BCUT2D eigenvalue weighted by atomic mass is 32.2. The van der Waals surface area contributed by atoms with Crippen molar-refractivity contribution in [1.29, 1.82) is 0 Å². The Kier molecular flexibility index (Phi) is 9.18. The lowest BCUT2D eigenvalue weighted by molar-refractivity contribution is -0.119. The summed E-state index contributed by atoms with van der Waals surface area (Å²) in [5.41, 5.74) is 1.24. The Balaban J connectivity index is 1.73. The minimum atomic E-state index is -4.01. The van der Waals surface area contributed by atoms with E-state index in [0.29, 0.717) is 42.9 Å². The number of benzene rings is 2. The van der Waals surface area contributed by atoms with Crippen LogP contribution in [0.3, 0.4) is 0 Å². The van der Waals surface area contributed by atoms with Gasteiger partial charge in [-0.2, -0.15) is 0 Å². The molecule has 0 unspecified atom stereocenters. The van der Waals surface area contributed by atoms with Crippen molar-refractivity contribution in [2.75, 3.05) is 38.2 Å². The van der Waals surface area contributed by atoms with Crippen molar-refractivity contribution in [2.45, 2.75) is 50.0 Å². The highest BCUT2D eigenvalue weighted by Gasteiger charge is 2.28. The van der Waals surface area contributed by atoms with Gasteiger partial charge in [-0.15, -0.1) is 0 Å². The molecule has 34 heavy (non-hydrogen) atoms. The Bertz CT molecular complexity index is 1050. The maximum absolute atomic E-state index is 13.5. The van der Waals surface area contributed by atoms with Crippen molar-refractivity contribution in [1.82, 2.24) is 5.32 Å². The summed E-state index contributed by atoms with van der Waals surface area (Å²) in [7, 11) is -1.03. The SMILES string of the molecule is COc1ccc(N(CC(=O)NCCCOC2CCCC2)S(=O)(=O)c2ccc(C)cc2)cc1OC. The van der Waals surface area contributed by atoms with Crippen molar-refractivity contribution >= 4 is 21.6 Å². The second kappa shape index (κ2) is 12.1. The quantitative estimate of drug-likeness (QED) is 0.456. The van der Waals surface area contributed by atoms with Crippen LogP contribution in [0.4, 0.5) is 5.69 Å². The molecule has 9 heteroatoms. The summed E-state index contributed by atoms with van der Waals surface area (Å²) < 4.78 is 44.5. The average Bonchev–Trinajstić information content (AvgIpc) is 3.35. The number of rotatable bonds is 12. The van der Waals surface area contributed by atoms with Crippen LogP contribution in [0.25, 0.3) is 0 Å². The highest BCUT2D eigenvalue weighted by Crippen LogP contribution is 2.33. The molecular weight excluding hydrogens is 456 g/mol. The van der Waals surface area contributed by atoms with Gasteiger partial charge < -0.3 is 19.5 Å². The standard InChI is InChI=1S/C25H34N2O6S/c1-19-9-12-22(13-10-19)34(29,30)27(20-11-14-23(31-2)24(17-20)32-3)18-25(28)26-15-6-16-33-21-7-4-5-8-21/h9-14,17,21H,4-8,15-16,18H2,1-3H3,(H,26,28). The number of aryl methyl sites for hydroxylation is 1. The molecule has 1 aliphatic rings. The Morgan fingerprint density at radius 2 is 1.71 bits per heavy atom. The van der Waals surface area contributed by atoms with Crippen LogP contribution in [-0.2, 0) is 19.6 Å². The molecule has 0 bridgehead atoms. The summed E-state index contributed by atoms with van der Waals surface area (Å²) in [5, 5.41) is 2.81. The van der Waals surface area contributed by atoms with Gasteiger partial charge in [0.05, 0.1) is 30.9 Å². The van der Waals surface area contributed by atoms with Crippen molar-refractivity contribution in [3.63, 3.8) is 0 Å². The molecule has 0 radical (unpaired) electrons. The molecule has 0 aliphatic heterocycles. The van der Waals surface area contributed by atoms with Crippen LogP contribution in [0.5, 0.6) is 11.5 Å². The monoisotopic (exact) mass is 490 g/mol. The third-order valence-corrected chi connectivity index (χ3v) is 7.64. The molecule has 0 aromatic heterocycles. The number of amides is 1. The molecule has 0 spiro atoms. The number of nitrogens with zero attached hydrogens (tertiary/aromatic N) is 1. The lowest BCUT2D eigenvalue weighted by atomic mass is 10.2. The van der Waals surface area contributed by atoms with Crippen molar-refractivity contribution in [3.05, 3.63) is 48.0 Å². The summed E-state index contributed by atoms with van der Waals surface area (Å²) >= 11 is 0. The zero-order chi connectivity index (χ0) is 24.6. The number of anilines is 1. The summed E-state index contributed by atoms with van der Waals surface area (Å²) in [4.78, 5) is 12.8. The molecule has 1 N–H and O–H groups in total. The van der Waals surface area contributed by atoms with E-state index in [1.165, 1.54) is 39.2 Å². The van der Waals surface area contributed by atoms with Crippen LogP contribution in [-0.4, -0.2) is 54.3 Å². The van der Waals surface area contributed by atoms with Gasteiger partial charge in [0.1, 0.15) is 6.54 Å². The highest BCUT2D eigenvalue weighted by molar-refractivity contribution is 7.92. The van der Waals surface area contributed by atoms with Gasteiger partial charge in [0, 0.05) is 19.2 Å². The van der Waals surface area contributed by atoms with E-state index in [9.17, 15) is 13.2 Å². The predicted molar refractivity (Wildman–Crippen MR) is 131 cm³/mol. The lowest BCUT2D eigenvalue weighted by Crippen LogP contribution is -2.41. The first kappa shape index (κ1) is 25.8. The fourth-order valence-corrected chi connectivity index (χ4v) is 5.34. The number of ether oxygens (including phenoxy) is 3. The third-order valence-electron chi connectivity index (χ3n) is 5.85. The fourth-order valence-electron chi connectivity index (χ4n) is 3.92. The molecule has 0 heterocycles. The first-order valence-corrected chi connectivity index (χ1v) is 13.0. The minimum Gasteiger partial charge on any atom is -0.493 e. The van der Waals surface area contributed by atoms with Gasteiger partial charge in [0.2, 0.25) is 5.91 Å². The van der Waals surface area contributed by atoms with E-state index in [4.69, 9.17) is 14.2 Å². The topological polar surface area (TPSA) is 94.2 Å². The second-order valence-electron chi connectivity index (χ2n) is 8.34. The van der Waals surface area contributed by atoms with E-state index in [2.05, 4.69) is 5.32 Å². The van der Waals surface area contributed by atoms with Crippen molar-refractivity contribution in [2.24, 2.45) is 0 Å². The van der Waals surface area contributed by atoms with Gasteiger partial charge in [-0.3, -0.25) is 9.10 Å². The molecule has 2 aromatic rings. The number of hydrogen-bond acceptors (Lipinski definition) is 6. The average molecular weight is 491 g/mol. The van der Waals surface area contributed by atoms with Crippen LogP contribution >= 0.6 is 0 Å². The van der Waals surface area contributed by atoms with Gasteiger partial charge in [0.15, 0.2) is 11.5 Å². The summed E-state index contributed by atoms with van der Waals surface area (Å²) in [6.45, 7) is 2.50. The number of methoxy groups -OCH3 is 2. The second-order valence-corrected chi connectivity index (χ2v) is 10.2. The van der Waals surface area contributed by atoms with Gasteiger partial charge in [-0.25, -0.2) is 8.42 Å². The van der Waals surface area contributed by atoms with Crippen molar-refractivity contribution < 1.29 is 27.4 Å². The number of hydrogen-bond donors (Lipinski definition) is 1. The Labute approximate surface area is 202 Å². The molecule has 2 aromatic carbocycles. The summed E-state index contributed by atoms with van der Waals surface area (Å²) in [6.07, 6.45) is 5.62. The van der Waals surface area contributed by atoms with Crippen LogP contribution < -0.4 is 19.1 Å². The van der Waals surface area contributed by atoms with Gasteiger partial charge >= 0.3 is 0 Å². The fraction of sp³-hybridized carbons (Fsp3) is 0.480. The Morgan fingerprint density at radius 1 is 1.03 bits per heavy atom. The van der Waals surface area contributed by atoms with Gasteiger partial charge in [-0.05, 0) is 50.5 Å². The molecule has 1 aliphatic carbocycles. The molecule has 0 atom stereocenters. The predicted octanol–water partition coefficient (Wildman–Crippen LogP) is 3.67. The van der Waals surface area contributed by atoms with E-state index in [0.717, 1.165) is 22.7 Å². The molecule has 1 amide bonds.